The predicted octanol–water partition coefficient (Wildman–Crippen LogP) is -0.197. The summed E-state index contributed by atoms with van der Waals surface area (Å²) in [6.45, 7) is 0.0905. The van der Waals surface area contributed by atoms with Crippen molar-refractivity contribution in [1.82, 2.24) is 5.32 Å². The van der Waals surface area contributed by atoms with Crippen molar-refractivity contribution in [3.05, 3.63) is 35.4 Å². The van der Waals surface area contributed by atoms with E-state index in [1.807, 2.05) is 0 Å². The largest absolute Gasteiger partial charge is 0.481 e. The number of amides is 1. The molecule has 0 bridgehead atoms. The Kier molecular flexibility index (Phi) is 5.01. The molecule has 0 saturated carbocycles. The number of benzene rings is 1. The van der Waals surface area contributed by atoms with Crippen LogP contribution in [0, 0.1) is 0 Å². The Morgan fingerprint density at radius 1 is 1.26 bits per heavy atom. The molecule has 1 aromatic rings. The van der Waals surface area contributed by atoms with Gasteiger partial charge < -0.3 is 21.3 Å². The molecule has 0 fully saturated rings. The summed E-state index contributed by atoms with van der Waals surface area (Å²) in [7, 11) is 0. The minimum Gasteiger partial charge on any atom is -0.481 e. The van der Waals surface area contributed by atoms with Crippen LogP contribution in [0.2, 0.25) is 0 Å². The molecule has 0 aromatic heterocycles. The highest BCUT2D eigenvalue weighted by Gasteiger charge is 2.16. The van der Waals surface area contributed by atoms with Gasteiger partial charge in [-0.25, -0.2) is 4.79 Å². The first-order chi connectivity index (χ1) is 8.90. The van der Waals surface area contributed by atoms with Crippen LogP contribution in [0.1, 0.15) is 22.3 Å². The monoisotopic (exact) mass is 266 g/mol. The highest BCUT2D eigenvalue weighted by molar-refractivity contribution is 5.88. The van der Waals surface area contributed by atoms with E-state index in [4.69, 9.17) is 15.9 Å². The number of hydrogen-bond donors (Lipinski definition) is 4. The van der Waals surface area contributed by atoms with Crippen LogP contribution in [0.3, 0.4) is 0 Å². The molecule has 0 saturated heterocycles. The third-order valence-electron chi connectivity index (χ3n) is 2.37. The first-order valence-electron chi connectivity index (χ1n) is 5.47. The topological polar surface area (TPSA) is 130 Å². The lowest BCUT2D eigenvalue weighted by molar-refractivity contribution is -0.139. The van der Waals surface area contributed by atoms with Gasteiger partial charge in [-0.05, 0) is 17.7 Å². The Bertz CT molecular complexity index is 501. The average molecular weight is 266 g/mol. The van der Waals surface area contributed by atoms with Crippen molar-refractivity contribution in [3.63, 3.8) is 0 Å². The van der Waals surface area contributed by atoms with Gasteiger partial charge in [-0.15, -0.1) is 0 Å². The number of hydrogen-bond acceptors (Lipinski definition) is 4. The first kappa shape index (κ1) is 14.7. The zero-order valence-corrected chi connectivity index (χ0v) is 10.00. The number of carbonyl (C=O) groups excluding carboxylic acids is 1. The van der Waals surface area contributed by atoms with Crippen LogP contribution in [0.25, 0.3) is 0 Å². The Labute approximate surface area is 109 Å². The van der Waals surface area contributed by atoms with Gasteiger partial charge >= 0.3 is 11.9 Å². The molecule has 7 nitrogen and oxygen atoms in total. The first-order valence-corrected chi connectivity index (χ1v) is 5.47. The summed E-state index contributed by atoms with van der Waals surface area (Å²) in [5.74, 6) is -2.81. The molecule has 1 amide bonds. The van der Waals surface area contributed by atoms with E-state index in [9.17, 15) is 14.4 Å². The van der Waals surface area contributed by atoms with Gasteiger partial charge in [0, 0.05) is 6.54 Å². The average Bonchev–Trinajstić information content (AvgIpc) is 2.35. The molecule has 0 aliphatic carbocycles. The number of nitrogens with two attached hydrogens (primary N) is 1. The molecule has 0 spiro atoms. The second-order valence-corrected chi connectivity index (χ2v) is 3.93. The predicted molar refractivity (Wildman–Crippen MR) is 65.5 cm³/mol. The second kappa shape index (κ2) is 6.50. The molecule has 0 aliphatic heterocycles. The molecule has 0 aliphatic rings. The third-order valence-corrected chi connectivity index (χ3v) is 2.37. The molecule has 1 rings (SSSR count). The maximum absolute atomic E-state index is 11.5. The van der Waals surface area contributed by atoms with Gasteiger partial charge in [-0.2, -0.15) is 0 Å². The quantitative estimate of drug-likeness (QED) is 0.564. The van der Waals surface area contributed by atoms with Crippen LogP contribution in [-0.2, 0) is 16.1 Å². The molecule has 19 heavy (non-hydrogen) atoms. The summed E-state index contributed by atoms with van der Waals surface area (Å²) >= 11 is 0. The number of nitrogens with one attached hydrogen (secondary N) is 1. The summed E-state index contributed by atoms with van der Waals surface area (Å²) in [5.41, 5.74) is 6.08. The van der Waals surface area contributed by atoms with E-state index in [-0.39, 0.29) is 12.1 Å². The Morgan fingerprint density at radius 2 is 1.95 bits per heavy atom. The molecule has 0 heterocycles. The summed E-state index contributed by atoms with van der Waals surface area (Å²) in [6.07, 6.45) is -0.457. The molecule has 7 heteroatoms. The standard InChI is InChI=1S/C12H14N2O5/c13-9(5-10(15)16)11(17)14-6-7-2-1-3-8(4-7)12(18)19/h1-4,9H,5-6,13H2,(H,14,17)(H,15,16)(H,18,19). The Hall–Kier alpha value is -2.41. The van der Waals surface area contributed by atoms with Gasteiger partial charge in [-0.3, -0.25) is 9.59 Å². The van der Waals surface area contributed by atoms with Crippen LogP contribution in [-0.4, -0.2) is 34.1 Å². The van der Waals surface area contributed by atoms with E-state index in [2.05, 4.69) is 5.32 Å². The SMILES string of the molecule is NC(CC(=O)O)C(=O)NCc1cccc(C(=O)O)c1. The summed E-state index contributed by atoms with van der Waals surface area (Å²) in [5, 5.41) is 19.7. The Morgan fingerprint density at radius 3 is 2.53 bits per heavy atom. The van der Waals surface area contributed by atoms with Crippen molar-refractivity contribution in [2.24, 2.45) is 5.73 Å². The number of rotatable bonds is 6. The molecular weight excluding hydrogens is 252 g/mol. The van der Waals surface area contributed by atoms with Crippen molar-refractivity contribution < 1.29 is 24.6 Å². The van der Waals surface area contributed by atoms with E-state index in [1.165, 1.54) is 12.1 Å². The number of carboxylic acids is 2. The van der Waals surface area contributed by atoms with Crippen molar-refractivity contribution in [1.29, 1.82) is 0 Å². The van der Waals surface area contributed by atoms with E-state index < -0.39 is 30.3 Å². The lowest BCUT2D eigenvalue weighted by Crippen LogP contribution is -2.41. The minimum atomic E-state index is -1.16. The molecule has 1 aromatic carbocycles. The second-order valence-electron chi connectivity index (χ2n) is 3.93. The zero-order valence-electron chi connectivity index (χ0n) is 10.00. The fourth-order valence-electron chi connectivity index (χ4n) is 1.42. The van der Waals surface area contributed by atoms with Crippen LogP contribution in [0.5, 0.6) is 0 Å². The van der Waals surface area contributed by atoms with E-state index >= 15 is 0 Å². The van der Waals surface area contributed by atoms with Gasteiger partial charge in [0.15, 0.2) is 0 Å². The van der Waals surface area contributed by atoms with Crippen molar-refractivity contribution in [2.45, 2.75) is 19.0 Å². The molecular formula is C12H14N2O5. The van der Waals surface area contributed by atoms with Crippen LogP contribution in [0.4, 0.5) is 0 Å². The van der Waals surface area contributed by atoms with Gasteiger partial charge in [0.05, 0.1) is 18.0 Å². The Balaban J connectivity index is 2.57. The van der Waals surface area contributed by atoms with Crippen LogP contribution < -0.4 is 11.1 Å². The third kappa shape index (κ3) is 4.76. The fourth-order valence-corrected chi connectivity index (χ4v) is 1.42. The van der Waals surface area contributed by atoms with Gasteiger partial charge in [0.25, 0.3) is 0 Å². The number of carbonyl (C=O) groups is 3. The number of aliphatic carboxylic acids is 1. The lowest BCUT2D eigenvalue weighted by Gasteiger charge is -2.10. The van der Waals surface area contributed by atoms with Crippen LogP contribution >= 0.6 is 0 Å². The highest BCUT2D eigenvalue weighted by atomic mass is 16.4. The number of carboxylic acid groups (broad SMARTS) is 2. The van der Waals surface area contributed by atoms with Crippen molar-refractivity contribution in [2.75, 3.05) is 0 Å². The van der Waals surface area contributed by atoms with E-state index in [0.29, 0.717) is 5.56 Å². The normalized spacial score (nSPS) is 11.6. The lowest BCUT2D eigenvalue weighted by atomic mass is 10.1. The molecule has 0 radical (unpaired) electrons. The van der Waals surface area contributed by atoms with Crippen molar-refractivity contribution >= 4 is 17.8 Å². The van der Waals surface area contributed by atoms with Gasteiger partial charge in [0.2, 0.25) is 5.91 Å². The maximum atomic E-state index is 11.5. The van der Waals surface area contributed by atoms with Gasteiger partial charge in [-0.1, -0.05) is 12.1 Å². The van der Waals surface area contributed by atoms with Crippen LogP contribution in [0.15, 0.2) is 24.3 Å². The summed E-state index contributed by atoms with van der Waals surface area (Å²) in [6, 6.07) is 4.94. The van der Waals surface area contributed by atoms with E-state index in [0.717, 1.165) is 0 Å². The maximum Gasteiger partial charge on any atom is 0.335 e. The zero-order chi connectivity index (χ0) is 14.4. The summed E-state index contributed by atoms with van der Waals surface area (Å²) in [4.78, 5) is 32.6. The summed E-state index contributed by atoms with van der Waals surface area (Å²) < 4.78 is 0. The smallest absolute Gasteiger partial charge is 0.335 e. The van der Waals surface area contributed by atoms with Gasteiger partial charge in [0.1, 0.15) is 0 Å². The van der Waals surface area contributed by atoms with Crippen molar-refractivity contribution in [3.8, 4) is 0 Å². The molecule has 1 unspecified atom stereocenters. The molecule has 1 atom stereocenters. The fraction of sp³-hybridized carbons (Fsp3) is 0.250. The highest BCUT2D eigenvalue weighted by Crippen LogP contribution is 2.05. The molecule has 102 valence electrons. The molecule has 5 N–H and O–H groups in total. The van der Waals surface area contributed by atoms with E-state index in [1.54, 1.807) is 12.1 Å². The number of aromatic carboxylic acids is 1. The minimum absolute atomic E-state index is 0.0905.